The molecule has 0 saturated heterocycles. The molecule has 94 valence electrons. The number of nitrogens with one attached hydrogen (secondary N) is 1. The molecule has 0 saturated carbocycles. The van der Waals surface area contributed by atoms with E-state index < -0.39 is 11.7 Å². The molecule has 0 aliphatic carbocycles. The normalized spacial score (nSPS) is 11.4. The van der Waals surface area contributed by atoms with E-state index in [1.165, 1.54) is 12.1 Å². The summed E-state index contributed by atoms with van der Waals surface area (Å²) in [7, 11) is 0. The van der Waals surface area contributed by atoms with Crippen LogP contribution in [0.2, 0.25) is 0 Å². The molecular formula is C11H13F3N2O. The molecule has 3 nitrogen and oxygen atoms in total. The Kier molecular flexibility index (Phi) is 4.11. The van der Waals surface area contributed by atoms with E-state index in [4.69, 9.17) is 5.73 Å². The lowest BCUT2D eigenvalue weighted by molar-refractivity contribution is -0.138. The Hall–Kier alpha value is -1.56. The molecular weight excluding hydrogens is 233 g/mol. The van der Waals surface area contributed by atoms with Crippen LogP contribution in [0.3, 0.4) is 0 Å². The first-order valence-corrected chi connectivity index (χ1v) is 5.08. The molecule has 17 heavy (non-hydrogen) atoms. The van der Waals surface area contributed by atoms with Crippen LogP contribution in [0.5, 0.6) is 0 Å². The Morgan fingerprint density at radius 1 is 1.41 bits per heavy atom. The van der Waals surface area contributed by atoms with Gasteiger partial charge in [0.2, 0.25) is 5.91 Å². The maximum Gasteiger partial charge on any atom is 0.416 e. The Balaban J connectivity index is 3.09. The molecule has 0 aromatic heterocycles. The monoisotopic (exact) mass is 246 g/mol. The molecule has 0 heterocycles. The SMILES string of the molecule is CCC(=O)Nc1ccc(CN)c(C(F)(F)F)c1. The highest BCUT2D eigenvalue weighted by Crippen LogP contribution is 2.33. The minimum atomic E-state index is -4.47. The average Bonchev–Trinajstić information content (AvgIpc) is 2.27. The van der Waals surface area contributed by atoms with E-state index in [0.29, 0.717) is 0 Å². The van der Waals surface area contributed by atoms with E-state index in [9.17, 15) is 18.0 Å². The molecule has 0 radical (unpaired) electrons. The molecule has 0 bridgehead atoms. The number of rotatable bonds is 3. The minimum Gasteiger partial charge on any atom is -0.326 e. The lowest BCUT2D eigenvalue weighted by Gasteiger charge is -2.13. The highest BCUT2D eigenvalue weighted by molar-refractivity contribution is 5.90. The fraction of sp³-hybridized carbons (Fsp3) is 0.364. The average molecular weight is 246 g/mol. The highest BCUT2D eigenvalue weighted by Gasteiger charge is 2.33. The van der Waals surface area contributed by atoms with Gasteiger partial charge in [-0.15, -0.1) is 0 Å². The van der Waals surface area contributed by atoms with Gasteiger partial charge in [0.1, 0.15) is 0 Å². The molecule has 0 unspecified atom stereocenters. The number of carbonyl (C=O) groups excluding carboxylic acids is 1. The van der Waals surface area contributed by atoms with Gasteiger partial charge in [-0.2, -0.15) is 13.2 Å². The largest absolute Gasteiger partial charge is 0.416 e. The summed E-state index contributed by atoms with van der Waals surface area (Å²) in [6.45, 7) is 1.42. The first-order chi connectivity index (χ1) is 7.88. The number of alkyl halides is 3. The van der Waals surface area contributed by atoms with Crippen LogP contribution >= 0.6 is 0 Å². The Morgan fingerprint density at radius 3 is 2.53 bits per heavy atom. The van der Waals surface area contributed by atoms with Crippen molar-refractivity contribution in [3.8, 4) is 0 Å². The van der Waals surface area contributed by atoms with Gasteiger partial charge in [-0.3, -0.25) is 4.79 Å². The van der Waals surface area contributed by atoms with E-state index >= 15 is 0 Å². The number of benzene rings is 1. The lowest BCUT2D eigenvalue weighted by atomic mass is 10.1. The van der Waals surface area contributed by atoms with Gasteiger partial charge in [0, 0.05) is 18.7 Å². The zero-order chi connectivity index (χ0) is 13.1. The smallest absolute Gasteiger partial charge is 0.326 e. The van der Waals surface area contributed by atoms with Crippen LogP contribution in [0.4, 0.5) is 18.9 Å². The third-order valence-corrected chi connectivity index (χ3v) is 2.24. The summed E-state index contributed by atoms with van der Waals surface area (Å²) in [6.07, 6.45) is -4.26. The van der Waals surface area contributed by atoms with E-state index in [1.807, 2.05) is 0 Å². The van der Waals surface area contributed by atoms with Gasteiger partial charge in [0.25, 0.3) is 0 Å². The Labute approximate surface area is 96.8 Å². The van der Waals surface area contributed by atoms with Crippen molar-refractivity contribution in [1.29, 1.82) is 0 Å². The first kappa shape index (κ1) is 13.5. The standard InChI is InChI=1S/C11H13F3N2O/c1-2-10(17)16-8-4-3-7(6-15)9(5-8)11(12,13)14/h3-5H,2,6,15H2,1H3,(H,16,17). The zero-order valence-electron chi connectivity index (χ0n) is 9.27. The van der Waals surface area contributed by atoms with Crippen LogP contribution in [-0.4, -0.2) is 5.91 Å². The van der Waals surface area contributed by atoms with Crippen molar-refractivity contribution in [2.75, 3.05) is 5.32 Å². The van der Waals surface area contributed by atoms with Crippen LogP contribution in [0.1, 0.15) is 24.5 Å². The van der Waals surface area contributed by atoms with Gasteiger partial charge in [0.05, 0.1) is 5.56 Å². The van der Waals surface area contributed by atoms with Crippen LogP contribution < -0.4 is 11.1 Å². The van der Waals surface area contributed by atoms with Crippen molar-refractivity contribution < 1.29 is 18.0 Å². The predicted molar refractivity (Wildman–Crippen MR) is 58.3 cm³/mol. The second-order valence-electron chi connectivity index (χ2n) is 3.48. The molecule has 1 aromatic rings. The molecule has 0 atom stereocenters. The number of hydrogen-bond acceptors (Lipinski definition) is 2. The molecule has 0 spiro atoms. The number of carbonyl (C=O) groups is 1. The fourth-order valence-corrected chi connectivity index (χ4v) is 1.35. The predicted octanol–water partition coefficient (Wildman–Crippen LogP) is 2.51. The molecule has 1 aromatic carbocycles. The van der Waals surface area contributed by atoms with E-state index in [-0.39, 0.29) is 30.1 Å². The summed E-state index contributed by atoms with van der Waals surface area (Å²) >= 11 is 0. The maximum atomic E-state index is 12.7. The van der Waals surface area contributed by atoms with Gasteiger partial charge in [-0.25, -0.2) is 0 Å². The molecule has 1 rings (SSSR count). The minimum absolute atomic E-state index is 0.00648. The van der Waals surface area contributed by atoms with Crippen LogP contribution in [-0.2, 0) is 17.5 Å². The topological polar surface area (TPSA) is 55.1 Å². The molecule has 1 amide bonds. The summed E-state index contributed by atoms with van der Waals surface area (Å²) in [6, 6.07) is 3.58. The Morgan fingerprint density at radius 2 is 2.06 bits per heavy atom. The van der Waals surface area contributed by atoms with Gasteiger partial charge in [-0.05, 0) is 17.7 Å². The van der Waals surface area contributed by atoms with Gasteiger partial charge in [-0.1, -0.05) is 13.0 Å². The van der Waals surface area contributed by atoms with Crippen molar-refractivity contribution in [3.05, 3.63) is 29.3 Å². The maximum absolute atomic E-state index is 12.7. The molecule has 6 heteroatoms. The lowest BCUT2D eigenvalue weighted by Crippen LogP contribution is -2.14. The molecule has 0 fully saturated rings. The second-order valence-corrected chi connectivity index (χ2v) is 3.48. The van der Waals surface area contributed by atoms with Gasteiger partial charge < -0.3 is 11.1 Å². The third kappa shape index (κ3) is 3.45. The van der Waals surface area contributed by atoms with Crippen molar-refractivity contribution in [2.24, 2.45) is 5.73 Å². The van der Waals surface area contributed by atoms with Crippen LogP contribution in [0, 0.1) is 0 Å². The number of nitrogens with two attached hydrogens (primary N) is 1. The quantitative estimate of drug-likeness (QED) is 0.861. The number of anilines is 1. The highest BCUT2D eigenvalue weighted by atomic mass is 19.4. The van der Waals surface area contributed by atoms with Crippen LogP contribution in [0.25, 0.3) is 0 Å². The summed E-state index contributed by atoms with van der Waals surface area (Å²) < 4.78 is 38.0. The van der Waals surface area contributed by atoms with Crippen molar-refractivity contribution in [3.63, 3.8) is 0 Å². The number of hydrogen-bond donors (Lipinski definition) is 2. The molecule has 0 aliphatic heterocycles. The number of halogens is 3. The summed E-state index contributed by atoms with van der Waals surface area (Å²) in [4.78, 5) is 11.1. The summed E-state index contributed by atoms with van der Waals surface area (Å²) in [5.41, 5.74) is 4.56. The van der Waals surface area contributed by atoms with Gasteiger partial charge >= 0.3 is 6.18 Å². The van der Waals surface area contributed by atoms with E-state index in [2.05, 4.69) is 5.32 Å². The molecule has 3 N–H and O–H groups in total. The third-order valence-electron chi connectivity index (χ3n) is 2.24. The van der Waals surface area contributed by atoms with Crippen molar-refractivity contribution in [2.45, 2.75) is 26.1 Å². The zero-order valence-corrected chi connectivity index (χ0v) is 9.27. The van der Waals surface area contributed by atoms with E-state index in [1.54, 1.807) is 6.92 Å². The van der Waals surface area contributed by atoms with Gasteiger partial charge in [0.15, 0.2) is 0 Å². The summed E-state index contributed by atoms with van der Waals surface area (Å²) in [5, 5.41) is 2.38. The Bertz CT molecular complexity index is 416. The number of amides is 1. The summed E-state index contributed by atoms with van der Waals surface area (Å²) in [5.74, 6) is -0.335. The van der Waals surface area contributed by atoms with E-state index in [0.717, 1.165) is 6.07 Å². The van der Waals surface area contributed by atoms with Crippen molar-refractivity contribution >= 4 is 11.6 Å². The fourth-order valence-electron chi connectivity index (χ4n) is 1.35. The van der Waals surface area contributed by atoms with Crippen molar-refractivity contribution in [1.82, 2.24) is 0 Å². The molecule has 0 aliphatic rings. The van der Waals surface area contributed by atoms with Crippen LogP contribution in [0.15, 0.2) is 18.2 Å². The first-order valence-electron chi connectivity index (χ1n) is 5.08. The second kappa shape index (κ2) is 5.18.